The fourth-order valence-corrected chi connectivity index (χ4v) is 4.18. The molecule has 2 aromatic rings. The van der Waals surface area contributed by atoms with Gasteiger partial charge in [0.2, 0.25) is 0 Å². The Hall–Kier alpha value is -2.33. The lowest BCUT2D eigenvalue weighted by atomic mass is 9.98. The second-order valence-corrected chi connectivity index (χ2v) is 6.91. The van der Waals surface area contributed by atoms with E-state index < -0.39 is 6.10 Å². The van der Waals surface area contributed by atoms with E-state index in [1.54, 1.807) is 4.90 Å². The Morgan fingerprint density at radius 3 is 2.32 bits per heavy atom. The molecule has 0 saturated carbocycles. The summed E-state index contributed by atoms with van der Waals surface area (Å²) < 4.78 is 5.68. The Kier molecular flexibility index (Phi) is 4.22. The van der Waals surface area contributed by atoms with Gasteiger partial charge in [0.05, 0.1) is 12.6 Å². The van der Waals surface area contributed by atoms with Gasteiger partial charge in [0.25, 0.3) is 0 Å². The number of aliphatic hydroxyl groups is 1. The Balaban J connectivity index is 1.53. The van der Waals surface area contributed by atoms with E-state index in [1.165, 1.54) is 22.3 Å². The first-order chi connectivity index (χ1) is 12.2. The number of carbonyl (C=O) groups excluding carboxylic acids is 1. The van der Waals surface area contributed by atoms with Crippen molar-refractivity contribution < 1.29 is 14.6 Å². The molecule has 0 bridgehead atoms. The van der Waals surface area contributed by atoms with Crippen molar-refractivity contribution in [2.24, 2.45) is 0 Å². The van der Waals surface area contributed by atoms with Crippen molar-refractivity contribution in [3.05, 3.63) is 59.7 Å². The minimum Gasteiger partial charge on any atom is -0.448 e. The third-order valence-corrected chi connectivity index (χ3v) is 5.43. The highest BCUT2D eigenvalue weighted by Crippen LogP contribution is 2.44. The van der Waals surface area contributed by atoms with E-state index in [1.807, 2.05) is 31.2 Å². The van der Waals surface area contributed by atoms with Crippen LogP contribution >= 0.6 is 0 Å². The quantitative estimate of drug-likeness (QED) is 0.927. The number of nitrogens with zero attached hydrogens (tertiary/aromatic N) is 1. The molecule has 1 amide bonds. The summed E-state index contributed by atoms with van der Waals surface area (Å²) >= 11 is 0. The van der Waals surface area contributed by atoms with E-state index in [4.69, 9.17) is 4.74 Å². The highest BCUT2D eigenvalue weighted by molar-refractivity contribution is 5.79. The van der Waals surface area contributed by atoms with Crippen molar-refractivity contribution in [3.63, 3.8) is 0 Å². The summed E-state index contributed by atoms with van der Waals surface area (Å²) in [4.78, 5) is 14.2. The molecule has 2 atom stereocenters. The molecular formula is C21H23NO3. The van der Waals surface area contributed by atoms with Crippen molar-refractivity contribution in [2.75, 3.05) is 13.2 Å². The number of β-amino-alcohol motifs (C(OH)–C–C–N with tert-alkyl or cyclic N) is 1. The molecule has 4 rings (SSSR count). The number of hydrogen-bond acceptors (Lipinski definition) is 3. The minimum absolute atomic E-state index is 0.0731. The molecule has 4 heteroatoms. The molecule has 1 aliphatic heterocycles. The largest absolute Gasteiger partial charge is 0.448 e. The van der Waals surface area contributed by atoms with Crippen molar-refractivity contribution in [1.82, 2.24) is 4.90 Å². The van der Waals surface area contributed by atoms with E-state index in [2.05, 4.69) is 24.3 Å². The molecule has 0 unspecified atom stereocenters. The van der Waals surface area contributed by atoms with E-state index >= 15 is 0 Å². The normalized spacial score (nSPS) is 21.9. The predicted octanol–water partition coefficient (Wildman–Crippen LogP) is 3.78. The van der Waals surface area contributed by atoms with Crippen molar-refractivity contribution in [3.8, 4) is 11.1 Å². The van der Waals surface area contributed by atoms with Crippen LogP contribution < -0.4 is 0 Å². The summed E-state index contributed by atoms with van der Waals surface area (Å²) in [5.41, 5.74) is 4.87. The highest BCUT2D eigenvalue weighted by atomic mass is 16.6. The van der Waals surface area contributed by atoms with Crippen LogP contribution in [0.4, 0.5) is 4.79 Å². The Bertz CT molecular complexity index is 743. The third kappa shape index (κ3) is 2.81. The van der Waals surface area contributed by atoms with Crippen LogP contribution in [0.25, 0.3) is 11.1 Å². The van der Waals surface area contributed by atoms with E-state index in [0.717, 1.165) is 6.42 Å². The summed E-state index contributed by atoms with van der Waals surface area (Å²) in [6, 6.07) is 16.7. The van der Waals surface area contributed by atoms with Crippen molar-refractivity contribution >= 4 is 6.09 Å². The molecule has 130 valence electrons. The first kappa shape index (κ1) is 16.2. The zero-order valence-electron chi connectivity index (χ0n) is 14.4. The second kappa shape index (κ2) is 6.52. The standard InChI is InChI=1S/C21H23NO3/c1-2-14-11-15(23)12-22(14)21(24)25-13-20-18-9-5-3-7-16(18)17-8-4-6-10-19(17)20/h3-10,14-15,20,23H,2,11-13H2,1H3/t14-,15-/m1/s1. The van der Waals surface area contributed by atoms with Gasteiger partial charge in [0.1, 0.15) is 6.61 Å². The number of hydrogen-bond donors (Lipinski definition) is 1. The van der Waals surface area contributed by atoms with Gasteiger partial charge in [0, 0.05) is 12.0 Å². The molecule has 1 saturated heterocycles. The number of carbonyl (C=O) groups is 1. The molecule has 1 heterocycles. The summed E-state index contributed by atoms with van der Waals surface area (Å²) in [5, 5.41) is 9.84. The third-order valence-electron chi connectivity index (χ3n) is 5.43. The topological polar surface area (TPSA) is 49.8 Å². The molecule has 4 nitrogen and oxygen atoms in total. The monoisotopic (exact) mass is 337 g/mol. The molecule has 1 N–H and O–H groups in total. The molecule has 1 aliphatic carbocycles. The summed E-state index contributed by atoms with van der Waals surface area (Å²) in [6.07, 6.45) is 0.720. The Labute approximate surface area is 148 Å². The van der Waals surface area contributed by atoms with Crippen LogP contribution in [0, 0.1) is 0 Å². The number of rotatable bonds is 3. The van der Waals surface area contributed by atoms with Crippen LogP contribution in [0.3, 0.4) is 0 Å². The zero-order chi connectivity index (χ0) is 17.4. The first-order valence-corrected chi connectivity index (χ1v) is 8.98. The number of ether oxygens (including phenoxy) is 1. The number of fused-ring (bicyclic) bond motifs is 3. The van der Waals surface area contributed by atoms with Crippen LogP contribution in [0.5, 0.6) is 0 Å². The fraction of sp³-hybridized carbons (Fsp3) is 0.381. The SMILES string of the molecule is CC[C@@H]1C[C@@H](O)CN1C(=O)OCC1c2ccccc2-c2ccccc21. The lowest BCUT2D eigenvalue weighted by Crippen LogP contribution is -2.36. The van der Waals surface area contributed by atoms with Crippen molar-refractivity contribution in [1.29, 1.82) is 0 Å². The maximum atomic E-state index is 12.5. The maximum Gasteiger partial charge on any atom is 0.410 e. The molecule has 0 aromatic heterocycles. The number of benzene rings is 2. The lowest BCUT2D eigenvalue weighted by Gasteiger charge is -2.24. The van der Waals surface area contributed by atoms with Gasteiger partial charge in [-0.15, -0.1) is 0 Å². The number of amides is 1. The van der Waals surface area contributed by atoms with Gasteiger partial charge in [-0.25, -0.2) is 4.79 Å². The fourth-order valence-electron chi connectivity index (χ4n) is 4.18. The molecule has 25 heavy (non-hydrogen) atoms. The smallest absolute Gasteiger partial charge is 0.410 e. The number of aliphatic hydroxyl groups excluding tert-OH is 1. The highest BCUT2D eigenvalue weighted by Gasteiger charge is 2.35. The van der Waals surface area contributed by atoms with Gasteiger partial charge in [-0.3, -0.25) is 0 Å². The van der Waals surface area contributed by atoms with Crippen LogP contribution in [0.15, 0.2) is 48.5 Å². The summed E-state index contributed by atoms with van der Waals surface area (Å²) in [7, 11) is 0. The Morgan fingerprint density at radius 1 is 1.12 bits per heavy atom. The maximum absolute atomic E-state index is 12.5. The van der Waals surface area contributed by atoms with Crippen LogP contribution in [-0.4, -0.2) is 41.4 Å². The van der Waals surface area contributed by atoms with E-state index in [-0.39, 0.29) is 18.1 Å². The first-order valence-electron chi connectivity index (χ1n) is 8.98. The molecule has 1 fully saturated rings. The summed E-state index contributed by atoms with van der Waals surface area (Å²) in [6.45, 7) is 2.73. The molecule has 0 radical (unpaired) electrons. The minimum atomic E-state index is -0.439. The molecule has 2 aliphatic rings. The second-order valence-electron chi connectivity index (χ2n) is 6.91. The van der Waals surface area contributed by atoms with Gasteiger partial charge in [-0.1, -0.05) is 55.5 Å². The summed E-state index contributed by atoms with van der Waals surface area (Å²) in [5.74, 6) is 0.0731. The number of likely N-dealkylation sites (tertiary alicyclic amines) is 1. The van der Waals surface area contributed by atoms with Gasteiger partial charge in [-0.2, -0.15) is 0 Å². The van der Waals surface area contributed by atoms with E-state index in [9.17, 15) is 9.90 Å². The Morgan fingerprint density at radius 2 is 1.72 bits per heavy atom. The average Bonchev–Trinajstić information content (AvgIpc) is 3.18. The van der Waals surface area contributed by atoms with Gasteiger partial charge < -0.3 is 14.7 Å². The molecule has 2 aromatic carbocycles. The predicted molar refractivity (Wildman–Crippen MR) is 96.5 cm³/mol. The van der Waals surface area contributed by atoms with Gasteiger partial charge >= 0.3 is 6.09 Å². The zero-order valence-corrected chi connectivity index (χ0v) is 14.4. The van der Waals surface area contributed by atoms with Crippen LogP contribution in [0.1, 0.15) is 36.8 Å². The van der Waals surface area contributed by atoms with Crippen molar-refractivity contribution in [2.45, 2.75) is 37.8 Å². The average molecular weight is 337 g/mol. The van der Waals surface area contributed by atoms with Crippen LogP contribution in [-0.2, 0) is 4.74 Å². The molecule has 0 spiro atoms. The van der Waals surface area contributed by atoms with Gasteiger partial charge in [-0.05, 0) is 35.1 Å². The van der Waals surface area contributed by atoms with Crippen LogP contribution in [0.2, 0.25) is 0 Å². The lowest BCUT2D eigenvalue weighted by molar-refractivity contribution is 0.0905. The molecular weight excluding hydrogens is 314 g/mol. The van der Waals surface area contributed by atoms with E-state index in [0.29, 0.717) is 19.6 Å². The van der Waals surface area contributed by atoms with Gasteiger partial charge in [0.15, 0.2) is 0 Å².